The zero-order valence-corrected chi connectivity index (χ0v) is 20.6. The van der Waals surface area contributed by atoms with Crippen LogP contribution in [0.25, 0.3) is 17.0 Å². The van der Waals surface area contributed by atoms with Crippen molar-refractivity contribution in [3.8, 4) is 6.07 Å². The fraction of sp³-hybridized carbons (Fsp3) is 0.0741. The maximum atomic E-state index is 13.1. The third-order valence-corrected chi connectivity index (χ3v) is 7.43. The average Bonchev–Trinajstić information content (AvgIpc) is 3.33. The molecule has 0 aliphatic carbocycles. The minimum absolute atomic E-state index is 0.0603. The predicted molar refractivity (Wildman–Crippen MR) is 140 cm³/mol. The Bertz CT molecular complexity index is 1570. The fourth-order valence-electron chi connectivity index (χ4n) is 4.07. The Morgan fingerprint density at radius 3 is 2.51 bits per heavy atom. The van der Waals surface area contributed by atoms with Crippen molar-refractivity contribution in [3.05, 3.63) is 110 Å². The first kappa shape index (κ1) is 23.3. The molecule has 5 rings (SSSR count). The van der Waals surface area contributed by atoms with E-state index in [-0.39, 0.29) is 17.7 Å². The lowest BCUT2D eigenvalue weighted by Gasteiger charge is -2.13. The molecular formula is C27H17Cl2N3O2S. The first-order valence-corrected chi connectivity index (χ1v) is 12.3. The van der Waals surface area contributed by atoms with Gasteiger partial charge in [-0.05, 0) is 53.2 Å². The highest BCUT2D eigenvalue weighted by Gasteiger charge is 2.35. The first-order valence-electron chi connectivity index (χ1n) is 10.7. The van der Waals surface area contributed by atoms with E-state index in [1.807, 2.05) is 42.6 Å². The number of nitriles is 1. The maximum absolute atomic E-state index is 13.1. The molecular weight excluding hydrogens is 501 g/mol. The summed E-state index contributed by atoms with van der Waals surface area (Å²) in [4.78, 5) is 27.3. The van der Waals surface area contributed by atoms with E-state index >= 15 is 0 Å². The fourth-order valence-corrected chi connectivity index (χ4v) is 5.22. The molecule has 35 heavy (non-hydrogen) atoms. The van der Waals surface area contributed by atoms with E-state index in [0.29, 0.717) is 32.6 Å². The number of carbonyl (C=O) groups excluding carboxylic acids is 2. The number of nitrogens with zero attached hydrogens (tertiary/aromatic N) is 3. The van der Waals surface area contributed by atoms with Gasteiger partial charge in [0.1, 0.15) is 0 Å². The lowest BCUT2D eigenvalue weighted by molar-refractivity contribution is -0.123. The highest BCUT2D eigenvalue weighted by atomic mass is 35.5. The number of benzene rings is 3. The van der Waals surface area contributed by atoms with Crippen molar-refractivity contribution in [2.75, 3.05) is 0 Å². The van der Waals surface area contributed by atoms with Crippen molar-refractivity contribution >= 4 is 63.1 Å². The summed E-state index contributed by atoms with van der Waals surface area (Å²) in [6.07, 6.45) is 3.72. The number of carbonyl (C=O) groups is 2. The molecule has 1 fully saturated rings. The van der Waals surface area contributed by atoms with Gasteiger partial charge in [-0.15, -0.1) is 0 Å². The van der Waals surface area contributed by atoms with E-state index in [9.17, 15) is 14.9 Å². The molecule has 172 valence electrons. The minimum atomic E-state index is -0.367. The lowest BCUT2D eigenvalue weighted by atomic mass is 10.1. The average molecular weight is 518 g/mol. The van der Waals surface area contributed by atoms with Crippen LogP contribution >= 0.6 is 35.0 Å². The second kappa shape index (κ2) is 9.63. The van der Waals surface area contributed by atoms with Crippen LogP contribution in [0.1, 0.15) is 22.3 Å². The van der Waals surface area contributed by atoms with Crippen LogP contribution in [0.3, 0.4) is 0 Å². The van der Waals surface area contributed by atoms with Gasteiger partial charge in [-0.2, -0.15) is 5.26 Å². The third kappa shape index (κ3) is 4.59. The molecule has 0 unspecified atom stereocenters. The highest BCUT2D eigenvalue weighted by molar-refractivity contribution is 8.18. The number of amides is 2. The van der Waals surface area contributed by atoms with E-state index in [1.165, 1.54) is 4.90 Å². The molecule has 8 heteroatoms. The number of hydrogen-bond acceptors (Lipinski definition) is 4. The minimum Gasteiger partial charge on any atom is -0.342 e. The van der Waals surface area contributed by atoms with Crippen molar-refractivity contribution in [2.24, 2.45) is 0 Å². The van der Waals surface area contributed by atoms with Crippen LogP contribution in [-0.4, -0.2) is 20.6 Å². The summed E-state index contributed by atoms with van der Waals surface area (Å²) in [7, 11) is 0. The second-order valence-corrected chi connectivity index (χ2v) is 9.82. The summed E-state index contributed by atoms with van der Waals surface area (Å²) in [6.45, 7) is 0.627. The Labute approximate surface area is 216 Å². The molecule has 1 aliphatic rings. The monoisotopic (exact) mass is 517 g/mol. The Morgan fingerprint density at radius 1 is 0.943 bits per heavy atom. The van der Waals surface area contributed by atoms with Crippen molar-refractivity contribution in [1.29, 1.82) is 5.26 Å². The van der Waals surface area contributed by atoms with Gasteiger partial charge >= 0.3 is 0 Å². The molecule has 1 aliphatic heterocycles. The van der Waals surface area contributed by atoms with Gasteiger partial charge in [-0.1, -0.05) is 65.7 Å². The molecule has 2 amide bonds. The number of rotatable bonds is 5. The largest absolute Gasteiger partial charge is 0.342 e. The number of fused-ring (bicyclic) bond motifs is 1. The number of imide groups is 1. The van der Waals surface area contributed by atoms with Crippen molar-refractivity contribution in [2.45, 2.75) is 13.1 Å². The third-order valence-electron chi connectivity index (χ3n) is 5.78. The molecule has 1 saturated heterocycles. The van der Waals surface area contributed by atoms with Crippen molar-refractivity contribution in [1.82, 2.24) is 9.47 Å². The smallest absolute Gasteiger partial charge is 0.293 e. The van der Waals surface area contributed by atoms with Gasteiger partial charge in [0.2, 0.25) is 0 Å². The number of thioether (sulfide) groups is 1. The van der Waals surface area contributed by atoms with Gasteiger partial charge in [-0.3, -0.25) is 14.5 Å². The van der Waals surface area contributed by atoms with E-state index in [0.717, 1.165) is 33.8 Å². The highest BCUT2D eigenvalue weighted by Crippen LogP contribution is 2.35. The number of para-hydroxylation sites is 1. The first-order chi connectivity index (χ1) is 16.9. The van der Waals surface area contributed by atoms with Crippen LogP contribution in [-0.2, 0) is 17.9 Å². The van der Waals surface area contributed by atoms with E-state index in [2.05, 4.69) is 10.6 Å². The number of halogens is 2. The van der Waals surface area contributed by atoms with Crippen LogP contribution in [0, 0.1) is 11.3 Å². The molecule has 0 atom stereocenters. The van der Waals surface area contributed by atoms with Crippen molar-refractivity contribution < 1.29 is 9.59 Å². The molecule has 0 radical (unpaired) electrons. The topological polar surface area (TPSA) is 66.1 Å². The zero-order valence-electron chi connectivity index (χ0n) is 18.2. The normalized spacial score (nSPS) is 14.8. The molecule has 3 aromatic carbocycles. The van der Waals surface area contributed by atoms with Crippen LogP contribution < -0.4 is 0 Å². The van der Waals surface area contributed by atoms with Gasteiger partial charge in [0.25, 0.3) is 11.1 Å². The van der Waals surface area contributed by atoms with E-state index in [4.69, 9.17) is 23.2 Å². The Kier molecular flexibility index (Phi) is 6.40. The van der Waals surface area contributed by atoms with Gasteiger partial charge in [0.05, 0.1) is 33.1 Å². The summed E-state index contributed by atoms with van der Waals surface area (Å²) >= 11 is 13.2. The quantitative estimate of drug-likeness (QED) is 0.264. The molecule has 4 aromatic rings. The second-order valence-electron chi connectivity index (χ2n) is 8.01. The molecule has 5 nitrogen and oxygen atoms in total. The maximum Gasteiger partial charge on any atom is 0.293 e. The lowest BCUT2D eigenvalue weighted by Crippen LogP contribution is -2.27. The Morgan fingerprint density at radius 2 is 1.71 bits per heavy atom. The molecule has 0 bridgehead atoms. The van der Waals surface area contributed by atoms with Crippen molar-refractivity contribution in [3.63, 3.8) is 0 Å². The zero-order chi connectivity index (χ0) is 24.5. The van der Waals surface area contributed by atoms with Crippen LogP contribution in [0.4, 0.5) is 4.79 Å². The summed E-state index contributed by atoms with van der Waals surface area (Å²) in [5.41, 5.74) is 3.90. The Balaban J connectivity index is 1.47. The van der Waals surface area contributed by atoms with Gasteiger partial charge in [0, 0.05) is 29.2 Å². The van der Waals surface area contributed by atoms with E-state index in [1.54, 1.807) is 36.4 Å². The SMILES string of the molecule is N#Cc1ccccc1CN1C(=O)S/C(=C/c2cn(Cc3ccc(Cl)c(Cl)c3)c3ccccc23)C1=O. The Hall–Kier alpha value is -3.50. The molecule has 0 saturated carbocycles. The summed E-state index contributed by atoms with van der Waals surface area (Å²) < 4.78 is 2.08. The predicted octanol–water partition coefficient (Wildman–Crippen LogP) is 7.10. The van der Waals surface area contributed by atoms with Crippen LogP contribution in [0.5, 0.6) is 0 Å². The van der Waals surface area contributed by atoms with Gasteiger partial charge in [0.15, 0.2) is 0 Å². The standard InChI is InChI=1S/C27H17Cl2N3O2S/c28-22-10-9-17(11-23(22)29)14-31-15-20(21-7-3-4-8-24(21)31)12-25-26(33)32(27(34)35-25)16-19-6-2-1-5-18(19)13-30/h1-12,15H,14,16H2/b25-12+. The molecule has 2 heterocycles. The summed E-state index contributed by atoms with van der Waals surface area (Å²) in [5.74, 6) is -0.367. The summed E-state index contributed by atoms with van der Waals surface area (Å²) in [5, 5.41) is 10.9. The molecule has 1 aromatic heterocycles. The molecule has 0 spiro atoms. The van der Waals surface area contributed by atoms with Crippen LogP contribution in [0.15, 0.2) is 77.8 Å². The summed E-state index contributed by atoms with van der Waals surface area (Å²) in [6, 6.07) is 22.5. The van der Waals surface area contributed by atoms with E-state index < -0.39 is 0 Å². The van der Waals surface area contributed by atoms with Gasteiger partial charge in [-0.25, -0.2) is 0 Å². The van der Waals surface area contributed by atoms with Crippen LogP contribution in [0.2, 0.25) is 10.0 Å². The van der Waals surface area contributed by atoms with Gasteiger partial charge < -0.3 is 4.57 Å². The number of aromatic nitrogens is 1. The molecule has 0 N–H and O–H groups in total. The number of hydrogen-bond donors (Lipinski definition) is 0.